The number of fused-ring (bicyclic) bond motifs is 1. The molecule has 0 radical (unpaired) electrons. The Kier molecular flexibility index (Phi) is 1.41. The summed E-state index contributed by atoms with van der Waals surface area (Å²) < 4.78 is 4.73. The molecule has 0 unspecified atom stereocenters. The van der Waals surface area contributed by atoms with Gasteiger partial charge < -0.3 is 9.84 Å². The third kappa shape index (κ3) is 0.914. The van der Waals surface area contributed by atoms with Gasteiger partial charge in [0.15, 0.2) is 0 Å². The molecule has 0 aliphatic carbocycles. The van der Waals surface area contributed by atoms with Gasteiger partial charge in [0.2, 0.25) is 0 Å². The van der Waals surface area contributed by atoms with E-state index < -0.39 is 0 Å². The van der Waals surface area contributed by atoms with E-state index in [1.807, 2.05) is 13.8 Å². The molecule has 0 bridgehead atoms. The van der Waals surface area contributed by atoms with Crippen molar-refractivity contribution in [2.24, 2.45) is 0 Å². The largest absolute Gasteiger partial charge is 0.360 e. The summed E-state index contributed by atoms with van der Waals surface area (Å²) in [5.41, 5.74) is 1.29. The van der Waals surface area contributed by atoms with Gasteiger partial charge in [0.05, 0.1) is 16.8 Å². The molecule has 0 amide bonds. The minimum Gasteiger partial charge on any atom is -0.338 e. The highest BCUT2D eigenvalue weighted by molar-refractivity contribution is 5.25. The van der Waals surface area contributed by atoms with E-state index in [0.29, 0.717) is 0 Å². The number of aromatic nitrogens is 1. The van der Waals surface area contributed by atoms with E-state index in [1.165, 1.54) is 0 Å². The molecule has 0 fully saturated rings. The van der Waals surface area contributed by atoms with Gasteiger partial charge in [-0.3, -0.25) is 0 Å². The number of hydrogen-bond donors (Lipinski definition) is 2. The van der Waals surface area contributed by atoms with Crippen molar-refractivity contribution in [3.05, 3.63) is 21.7 Å². The second kappa shape index (κ2) is 2.23. The Morgan fingerprint density at radius 1 is 1.50 bits per heavy atom. The Bertz CT molecular complexity index is 348. The van der Waals surface area contributed by atoms with Gasteiger partial charge in [-0.1, -0.05) is 0 Å². The molecule has 2 heterocycles. The average molecular weight is 168 g/mol. The SMILES string of the molecule is CC1(C)NCCc2c1[nH]oc2=O. The molecule has 12 heavy (non-hydrogen) atoms. The summed E-state index contributed by atoms with van der Waals surface area (Å²) in [4.78, 5) is 11.1. The Morgan fingerprint density at radius 3 is 2.92 bits per heavy atom. The Labute approximate surface area is 69.9 Å². The third-order valence-electron chi connectivity index (χ3n) is 2.36. The van der Waals surface area contributed by atoms with Crippen LogP contribution in [0.15, 0.2) is 9.32 Å². The molecule has 0 saturated carbocycles. The highest BCUT2D eigenvalue weighted by atomic mass is 16.5. The quantitative estimate of drug-likeness (QED) is 0.587. The van der Waals surface area contributed by atoms with Gasteiger partial charge >= 0.3 is 5.63 Å². The minimum atomic E-state index is -0.223. The lowest BCUT2D eigenvalue weighted by molar-refractivity contribution is 0.335. The molecule has 0 aromatic carbocycles. The van der Waals surface area contributed by atoms with Gasteiger partial charge in [-0.25, -0.2) is 9.95 Å². The van der Waals surface area contributed by atoms with Crippen LogP contribution in [0.25, 0.3) is 0 Å². The van der Waals surface area contributed by atoms with Crippen LogP contribution in [0.1, 0.15) is 25.1 Å². The van der Waals surface area contributed by atoms with Crippen LogP contribution in [0, 0.1) is 0 Å². The van der Waals surface area contributed by atoms with E-state index in [1.54, 1.807) is 0 Å². The number of hydrogen-bond acceptors (Lipinski definition) is 3. The van der Waals surface area contributed by atoms with Gasteiger partial charge in [0, 0.05) is 6.54 Å². The highest BCUT2D eigenvalue weighted by Gasteiger charge is 2.31. The molecular formula is C8H12N2O2. The third-order valence-corrected chi connectivity index (χ3v) is 2.36. The van der Waals surface area contributed by atoms with Gasteiger partial charge in [-0.2, -0.15) is 0 Å². The van der Waals surface area contributed by atoms with Crippen molar-refractivity contribution in [2.45, 2.75) is 25.8 Å². The molecule has 2 N–H and O–H groups in total. The van der Waals surface area contributed by atoms with E-state index in [2.05, 4.69) is 10.5 Å². The predicted octanol–water partition coefficient (Wildman–Crippen LogP) is 0.349. The van der Waals surface area contributed by atoms with E-state index >= 15 is 0 Å². The Balaban J connectivity index is 2.61. The Hall–Kier alpha value is -1.03. The zero-order valence-corrected chi connectivity index (χ0v) is 7.23. The first kappa shape index (κ1) is 7.61. The summed E-state index contributed by atoms with van der Waals surface area (Å²) in [5.74, 6) is 0. The maximum absolute atomic E-state index is 11.1. The fraction of sp³-hybridized carbons (Fsp3) is 0.625. The van der Waals surface area contributed by atoms with Crippen molar-refractivity contribution in [3.63, 3.8) is 0 Å². The normalized spacial score (nSPS) is 20.5. The number of aromatic amines is 1. The average Bonchev–Trinajstić information content (AvgIpc) is 2.33. The van der Waals surface area contributed by atoms with E-state index in [0.717, 1.165) is 24.2 Å². The molecule has 1 aromatic heterocycles. The minimum absolute atomic E-state index is 0.167. The topological polar surface area (TPSA) is 58.0 Å². The van der Waals surface area contributed by atoms with Gasteiger partial charge in [0.1, 0.15) is 0 Å². The second-order valence-corrected chi connectivity index (χ2v) is 3.65. The molecule has 1 aliphatic heterocycles. The Morgan fingerprint density at radius 2 is 2.25 bits per heavy atom. The van der Waals surface area contributed by atoms with Crippen LogP contribution < -0.4 is 10.9 Å². The van der Waals surface area contributed by atoms with Crippen LogP contribution in [0.2, 0.25) is 0 Å². The number of nitrogens with one attached hydrogen (secondary N) is 2. The van der Waals surface area contributed by atoms with E-state index in [4.69, 9.17) is 4.52 Å². The smallest absolute Gasteiger partial charge is 0.338 e. The van der Waals surface area contributed by atoms with Crippen molar-refractivity contribution in [2.75, 3.05) is 6.54 Å². The lowest BCUT2D eigenvalue weighted by Gasteiger charge is -2.29. The maximum Gasteiger partial charge on any atom is 0.360 e. The zero-order valence-electron chi connectivity index (χ0n) is 7.23. The highest BCUT2D eigenvalue weighted by Crippen LogP contribution is 2.23. The lowest BCUT2D eigenvalue weighted by Crippen LogP contribution is -2.43. The molecule has 0 spiro atoms. The maximum atomic E-state index is 11.1. The lowest BCUT2D eigenvalue weighted by atomic mass is 9.92. The van der Waals surface area contributed by atoms with Crippen LogP contribution in [0.5, 0.6) is 0 Å². The molecule has 0 atom stereocenters. The molecule has 4 nitrogen and oxygen atoms in total. The number of rotatable bonds is 0. The fourth-order valence-electron chi connectivity index (χ4n) is 1.64. The molecular weight excluding hydrogens is 156 g/mol. The van der Waals surface area contributed by atoms with Crippen LogP contribution in [0.4, 0.5) is 0 Å². The van der Waals surface area contributed by atoms with Crippen molar-refractivity contribution >= 4 is 0 Å². The zero-order chi connectivity index (χ0) is 8.77. The fourth-order valence-corrected chi connectivity index (χ4v) is 1.64. The van der Waals surface area contributed by atoms with Crippen LogP contribution in [0.3, 0.4) is 0 Å². The summed E-state index contributed by atoms with van der Waals surface area (Å²) in [6.45, 7) is 4.88. The van der Waals surface area contributed by atoms with Crippen LogP contribution >= 0.6 is 0 Å². The summed E-state index contributed by atoms with van der Waals surface area (Å²) in [7, 11) is 0. The van der Waals surface area contributed by atoms with E-state index in [-0.39, 0.29) is 11.2 Å². The molecule has 1 aliphatic rings. The first-order valence-electron chi connectivity index (χ1n) is 4.07. The van der Waals surface area contributed by atoms with Crippen molar-refractivity contribution in [1.82, 2.24) is 10.5 Å². The monoisotopic (exact) mass is 168 g/mol. The van der Waals surface area contributed by atoms with Crippen molar-refractivity contribution in [3.8, 4) is 0 Å². The molecule has 1 aromatic rings. The van der Waals surface area contributed by atoms with Crippen molar-refractivity contribution < 1.29 is 4.52 Å². The summed E-state index contributed by atoms with van der Waals surface area (Å²) in [6, 6.07) is 0. The predicted molar refractivity (Wildman–Crippen MR) is 44.1 cm³/mol. The standard InChI is InChI=1S/C8H12N2O2/c1-8(2)6-5(3-4-9-8)7(11)12-10-6/h9-10H,3-4H2,1-2H3. The molecule has 2 rings (SSSR count). The molecule has 0 saturated heterocycles. The van der Waals surface area contributed by atoms with Gasteiger partial charge in [0.25, 0.3) is 0 Å². The van der Waals surface area contributed by atoms with Gasteiger partial charge in [-0.05, 0) is 20.3 Å². The van der Waals surface area contributed by atoms with Gasteiger partial charge in [-0.15, -0.1) is 0 Å². The first-order chi connectivity index (χ1) is 5.61. The number of H-pyrrole nitrogens is 1. The van der Waals surface area contributed by atoms with Crippen molar-refractivity contribution in [1.29, 1.82) is 0 Å². The second-order valence-electron chi connectivity index (χ2n) is 3.65. The van der Waals surface area contributed by atoms with Crippen LogP contribution in [-0.2, 0) is 12.0 Å². The summed E-state index contributed by atoms with van der Waals surface area (Å²) in [6.07, 6.45) is 0.755. The molecule has 4 heteroatoms. The van der Waals surface area contributed by atoms with E-state index in [9.17, 15) is 4.79 Å². The molecule has 66 valence electrons. The summed E-state index contributed by atoms with van der Waals surface area (Å²) >= 11 is 0. The van der Waals surface area contributed by atoms with Crippen LogP contribution in [-0.4, -0.2) is 11.7 Å². The first-order valence-corrected chi connectivity index (χ1v) is 4.07. The summed E-state index contributed by atoms with van der Waals surface area (Å²) in [5, 5.41) is 5.96.